The van der Waals surface area contributed by atoms with E-state index in [2.05, 4.69) is 169 Å². The predicted octanol–water partition coefficient (Wildman–Crippen LogP) is 14.2. The van der Waals surface area contributed by atoms with Gasteiger partial charge in [-0.15, -0.1) is 11.3 Å². The van der Waals surface area contributed by atoms with Crippen molar-refractivity contribution in [2.45, 2.75) is 12.8 Å². The number of benzene rings is 7. The molecule has 0 atom stereocenters. The van der Waals surface area contributed by atoms with Gasteiger partial charge >= 0.3 is 0 Å². The average Bonchev–Trinajstić information content (AvgIpc) is 3.82. The lowest BCUT2D eigenvalue weighted by Crippen LogP contribution is -2.11. The van der Waals surface area contributed by atoms with Gasteiger partial charge in [-0.1, -0.05) is 127 Å². The van der Waals surface area contributed by atoms with Gasteiger partial charge in [0, 0.05) is 38.0 Å². The minimum Gasteiger partial charge on any atom is -0.456 e. The monoisotopic (exact) mass is 723 g/mol. The maximum absolute atomic E-state index is 6.88. The highest BCUT2D eigenvalue weighted by atomic mass is 32.1. The molecule has 0 saturated heterocycles. The van der Waals surface area contributed by atoms with E-state index in [1.54, 1.807) is 0 Å². The number of furan rings is 1. The topological polar surface area (TPSA) is 42.2 Å². The van der Waals surface area contributed by atoms with Gasteiger partial charge in [-0.2, -0.15) is 0 Å². The fourth-order valence-corrected chi connectivity index (χ4v) is 9.39. The standard InChI is InChI=1S/C50H33N3OS/c1-4-15-32(16-5-1)41-31-42(33-17-6-2-7-18-33)52-50(51-41)36-28-44(48-40-27-34-19-10-11-20-35(34)29-45(40)54-46(48)30-36)53(37-21-8-3-9-22-37)43-25-14-24-39-38-23-12-13-26-47(38)55-49(39)43/h1-12,14-25,27-31H,13,26H2. The molecule has 11 rings (SSSR count). The molecule has 10 aromatic rings. The molecule has 0 saturated carbocycles. The summed E-state index contributed by atoms with van der Waals surface area (Å²) in [4.78, 5) is 14.4. The molecule has 55 heavy (non-hydrogen) atoms. The molecule has 0 unspecified atom stereocenters. The molecule has 0 aliphatic heterocycles. The highest BCUT2D eigenvalue weighted by Crippen LogP contribution is 2.49. The highest BCUT2D eigenvalue weighted by molar-refractivity contribution is 7.20. The van der Waals surface area contributed by atoms with Crippen molar-refractivity contribution in [2.75, 3.05) is 4.90 Å². The van der Waals surface area contributed by atoms with Crippen LogP contribution in [0.2, 0.25) is 0 Å². The fourth-order valence-electron chi connectivity index (χ4n) is 8.08. The van der Waals surface area contributed by atoms with Crippen LogP contribution >= 0.6 is 11.3 Å². The van der Waals surface area contributed by atoms with Gasteiger partial charge in [-0.3, -0.25) is 0 Å². The summed E-state index contributed by atoms with van der Waals surface area (Å²) in [7, 11) is 0. The molecule has 0 bridgehead atoms. The number of anilines is 3. The SMILES string of the molecule is C1=Cc2c(sc3c(N(c4ccccc4)c4cc(-c5nc(-c6ccccc6)cc(-c6ccccc6)n5)cc5oc6cc7ccccc7cc6c45)cccc23)CC1. The molecule has 0 amide bonds. The zero-order valence-electron chi connectivity index (χ0n) is 29.8. The minimum atomic E-state index is 0.636. The Morgan fingerprint density at radius 3 is 1.95 bits per heavy atom. The lowest BCUT2D eigenvalue weighted by Gasteiger charge is -2.27. The van der Waals surface area contributed by atoms with Gasteiger partial charge in [0.05, 0.1) is 32.8 Å². The van der Waals surface area contributed by atoms with Crippen LogP contribution in [0.3, 0.4) is 0 Å². The molecule has 4 nitrogen and oxygen atoms in total. The second-order valence-electron chi connectivity index (χ2n) is 14.1. The van der Waals surface area contributed by atoms with E-state index < -0.39 is 0 Å². The molecule has 1 aliphatic rings. The predicted molar refractivity (Wildman–Crippen MR) is 231 cm³/mol. The second kappa shape index (κ2) is 12.9. The molecule has 3 heterocycles. The van der Waals surface area contributed by atoms with Crippen LogP contribution in [0.4, 0.5) is 17.1 Å². The Labute approximate surface area is 322 Å². The quantitative estimate of drug-likeness (QED) is 0.171. The van der Waals surface area contributed by atoms with Gasteiger partial charge < -0.3 is 9.32 Å². The molecule has 0 spiro atoms. The normalized spacial score (nSPS) is 12.5. The first-order chi connectivity index (χ1) is 27.2. The first-order valence-corrected chi connectivity index (χ1v) is 19.5. The Balaban J connectivity index is 1.24. The molecular formula is C50H33N3OS. The molecule has 3 aromatic heterocycles. The zero-order chi connectivity index (χ0) is 36.3. The third-order valence-electron chi connectivity index (χ3n) is 10.7. The Hall–Kier alpha value is -6.82. The van der Waals surface area contributed by atoms with E-state index in [1.165, 1.54) is 25.9 Å². The van der Waals surface area contributed by atoms with Crippen LogP contribution in [-0.4, -0.2) is 9.97 Å². The molecule has 7 aromatic carbocycles. The zero-order valence-corrected chi connectivity index (χ0v) is 30.6. The van der Waals surface area contributed by atoms with E-state index in [0.717, 1.165) is 85.3 Å². The Morgan fingerprint density at radius 2 is 1.22 bits per heavy atom. The number of aryl methyl sites for hydroxylation is 1. The van der Waals surface area contributed by atoms with Crippen molar-refractivity contribution in [1.29, 1.82) is 0 Å². The fraction of sp³-hybridized carbons (Fsp3) is 0.0400. The van der Waals surface area contributed by atoms with Crippen molar-refractivity contribution in [3.8, 4) is 33.9 Å². The van der Waals surface area contributed by atoms with E-state index in [4.69, 9.17) is 14.4 Å². The van der Waals surface area contributed by atoms with Gasteiger partial charge in [0.25, 0.3) is 0 Å². The lowest BCUT2D eigenvalue weighted by atomic mass is 10.0. The van der Waals surface area contributed by atoms with Crippen molar-refractivity contribution < 1.29 is 4.42 Å². The number of nitrogens with zero attached hydrogens (tertiary/aromatic N) is 3. The highest BCUT2D eigenvalue weighted by Gasteiger charge is 2.25. The third-order valence-corrected chi connectivity index (χ3v) is 12.0. The maximum atomic E-state index is 6.88. The van der Waals surface area contributed by atoms with Crippen molar-refractivity contribution in [1.82, 2.24) is 9.97 Å². The first kappa shape index (κ1) is 31.7. The van der Waals surface area contributed by atoms with Gasteiger partial charge in [-0.05, 0) is 77.7 Å². The summed E-state index contributed by atoms with van der Waals surface area (Å²) >= 11 is 1.92. The van der Waals surface area contributed by atoms with Crippen LogP contribution in [0.1, 0.15) is 16.9 Å². The summed E-state index contributed by atoms with van der Waals surface area (Å²) in [6, 6.07) is 57.6. The average molecular weight is 724 g/mol. The van der Waals surface area contributed by atoms with Crippen LogP contribution < -0.4 is 4.90 Å². The summed E-state index contributed by atoms with van der Waals surface area (Å²) < 4.78 is 8.15. The second-order valence-corrected chi connectivity index (χ2v) is 15.2. The molecule has 260 valence electrons. The molecule has 0 N–H and O–H groups in total. The number of aromatic nitrogens is 2. The van der Waals surface area contributed by atoms with Crippen LogP contribution in [-0.2, 0) is 6.42 Å². The maximum Gasteiger partial charge on any atom is 0.160 e. The van der Waals surface area contributed by atoms with E-state index in [9.17, 15) is 0 Å². The van der Waals surface area contributed by atoms with Gasteiger partial charge in [0.1, 0.15) is 11.2 Å². The van der Waals surface area contributed by atoms with Crippen LogP contribution in [0.15, 0.2) is 174 Å². The van der Waals surface area contributed by atoms with E-state index in [0.29, 0.717) is 5.82 Å². The molecule has 1 aliphatic carbocycles. The molecule has 0 radical (unpaired) electrons. The van der Waals surface area contributed by atoms with Gasteiger partial charge in [0.15, 0.2) is 5.82 Å². The summed E-state index contributed by atoms with van der Waals surface area (Å²) in [6.07, 6.45) is 6.75. The van der Waals surface area contributed by atoms with Crippen molar-refractivity contribution in [2.24, 2.45) is 0 Å². The van der Waals surface area contributed by atoms with E-state index in [-0.39, 0.29) is 0 Å². The summed E-state index contributed by atoms with van der Waals surface area (Å²) in [6.45, 7) is 0. The lowest BCUT2D eigenvalue weighted by molar-refractivity contribution is 0.669. The van der Waals surface area contributed by atoms with Crippen molar-refractivity contribution in [3.63, 3.8) is 0 Å². The van der Waals surface area contributed by atoms with Crippen molar-refractivity contribution in [3.05, 3.63) is 180 Å². The van der Waals surface area contributed by atoms with Crippen LogP contribution in [0, 0.1) is 0 Å². The number of hydrogen-bond acceptors (Lipinski definition) is 5. The Bertz CT molecular complexity index is 3030. The first-order valence-electron chi connectivity index (χ1n) is 18.7. The molecule has 0 fully saturated rings. The Morgan fingerprint density at radius 1 is 0.545 bits per heavy atom. The third kappa shape index (κ3) is 5.43. The number of fused-ring (bicyclic) bond motifs is 7. The van der Waals surface area contributed by atoms with Crippen molar-refractivity contribution >= 4 is 77.3 Å². The summed E-state index contributed by atoms with van der Waals surface area (Å²) in [5, 5.41) is 5.72. The number of allylic oxidation sites excluding steroid dienone is 1. The number of rotatable bonds is 6. The minimum absolute atomic E-state index is 0.636. The summed E-state index contributed by atoms with van der Waals surface area (Å²) in [5.41, 5.74) is 10.9. The smallest absolute Gasteiger partial charge is 0.160 e. The number of hydrogen-bond donors (Lipinski definition) is 0. The van der Waals surface area contributed by atoms with E-state index >= 15 is 0 Å². The van der Waals surface area contributed by atoms with Crippen LogP contribution in [0.5, 0.6) is 0 Å². The largest absolute Gasteiger partial charge is 0.456 e. The molecular weight excluding hydrogens is 691 g/mol. The van der Waals surface area contributed by atoms with Crippen LogP contribution in [0.25, 0.3) is 82.8 Å². The molecule has 5 heteroatoms. The Kier molecular flexibility index (Phi) is 7.45. The summed E-state index contributed by atoms with van der Waals surface area (Å²) in [5.74, 6) is 0.636. The van der Waals surface area contributed by atoms with Gasteiger partial charge in [0.2, 0.25) is 0 Å². The number of para-hydroxylation sites is 1. The van der Waals surface area contributed by atoms with E-state index in [1.807, 2.05) is 23.5 Å². The number of thiophene rings is 1. The van der Waals surface area contributed by atoms with Gasteiger partial charge in [-0.25, -0.2) is 9.97 Å².